The van der Waals surface area contributed by atoms with E-state index in [1.807, 2.05) is 0 Å². The molecule has 1 aliphatic heterocycles. The van der Waals surface area contributed by atoms with E-state index in [1.54, 1.807) is 19.0 Å². The molecule has 34 heavy (non-hydrogen) atoms. The first kappa shape index (κ1) is 26.5. The summed E-state index contributed by atoms with van der Waals surface area (Å²) in [5.74, 6) is 0.737. The third-order valence-electron chi connectivity index (χ3n) is 6.64. The van der Waals surface area contributed by atoms with Crippen LogP contribution in [-0.2, 0) is 30.7 Å². The highest BCUT2D eigenvalue weighted by Gasteiger charge is 2.19. The van der Waals surface area contributed by atoms with Crippen molar-refractivity contribution in [1.29, 1.82) is 0 Å². The molecule has 1 amide bonds. The average Bonchev–Trinajstić information content (AvgIpc) is 3.34. The quantitative estimate of drug-likeness (QED) is 0.301. The molecule has 0 aromatic heterocycles. The lowest BCUT2D eigenvalue weighted by Crippen LogP contribution is -2.48. The Balaban J connectivity index is 0.00000324. The number of fused-ring (bicyclic) bond motifs is 1. The number of aryl methyl sites for hydroxylation is 1. The van der Waals surface area contributed by atoms with Crippen LogP contribution in [0.5, 0.6) is 0 Å². The number of carbonyl (C=O) groups excluding carboxylic acids is 1. The molecule has 0 radical (unpaired) electrons. The van der Waals surface area contributed by atoms with E-state index in [9.17, 15) is 4.79 Å². The smallest absolute Gasteiger partial charge is 0.241 e. The SMILES string of the molecule is CN(C)C(=O)CNC(=NCc1ccc(CN2CCCC2)cc1)NC1CCc2ccccc2C1.I. The van der Waals surface area contributed by atoms with Gasteiger partial charge in [0.25, 0.3) is 0 Å². The minimum atomic E-state index is 0. The van der Waals surface area contributed by atoms with E-state index in [2.05, 4.69) is 64.1 Å². The Hall–Kier alpha value is -2.13. The Kier molecular flexibility index (Phi) is 10.2. The molecule has 2 aromatic rings. The number of nitrogens with one attached hydrogen (secondary N) is 2. The number of rotatable bonds is 7. The van der Waals surface area contributed by atoms with Gasteiger partial charge in [0.1, 0.15) is 0 Å². The number of hydrogen-bond acceptors (Lipinski definition) is 3. The van der Waals surface area contributed by atoms with Crippen LogP contribution in [-0.4, -0.2) is 61.4 Å². The summed E-state index contributed by atoms with van der Waals surface area (Å²) in [7, 11) is 3.55. The summed E-state index contributed by atoms with van der Waals surface area (Å²) in [6.07, 6.45) is 5.74. The molecule has 6 nitrogen and oxygen atoms in total. The summed E-state index contributed by atoms with van der Waals surface area (Å²) < 4.78 is 0. The second-order valence-corrected chi connectivity index (χ2v) is 9.46. The van der Waals surface area contributed by atoms with Crippen LogP contribution in [0.2, 0.25) is 0 Å². The summed E-state index contributed by atoms with van der Waals surface area (Å²) in [5.41, 5.74) is 5.38. The predicted octanol–water partition coefficient (Wildman–Crippen LogP) is 3.58. The molecule has 2 aliphatic rings. The van der Waals surface area contributed by atoms with Gasteiger partial charge in [0, 0.05) is 26.7 Å². The summed E-state index contributed by atoms with van der Waals surface area (Å²) in [6.45, 7) is 4.28. The highest BCUT2D eigenvalue weighted by atomic mass is 127. The van der Waals surface area contributed by atoms with Crippen molar-refractivity contribution in [2.75, 3.05) is 33.7 Å². The molecule has 1 heterocycles. The van der Waals surface area contributed by atoms with E-state index in [4.69, 9.17) is 4.99 Å². The lowest BCUT2D eigenvalue weighted by molar-refractivity contribution is -0.127. The summed E-state index contributed by atoms with van der Waals surface area (Å²) >= 11 is 0. The van der Waals surface area contributed by atoms with E-state index in [0.29, 0.717) is 18.5 Å². The molecule has 0 saturated carbocycles. The van der Waals surface area contributed by atoms with Crippen LogP contribution in [0.1, 0.15) is 41.5 Å². The van der Waals surface area contributed by atoms with Crippen molar-refractivity contribution < 1.29 is 4.79 Å². The Morgan fingerprint density at radius 2 is 1.71 bits per heavy atom. The lowest BCUT2D eigenvalue weighted by Gasteiger charge is -2.27. The number of benzene rings is 2. The first-order valence-electron chi connectivity index (χ1n) is 12.2. The Bertz CT molecular complexity index is 954. The van der Waals surface area contributed by atoms with Gasteiger partial charge in [-0.25, -0.2) is 4.99 Å². The van der Waals surface area contributed by atoms with E-state index in [1.165, 1.54) is 48.2 Å². The zero-order valence-electron chi connectivity index (χ0n) is 20.4. The lowest BCUT2D eigenvalue weighted by atomic mass is 9.88. The summed E-state index contributed by atoms with van der Waals surface area (Å²) in [4.78, 5) is 21.1. The molecule has 2 aromatic carbocycles. The fraction of sp³-hybridized carbons (Fsp3) is 0.481. The van der Waals surface area contributed by atoms with E-state index in [0.717, 1.165) is 25.8 Å². The van der Waals surface area contributed by atoms with Gasteiger partial charge in [-0.2, -0.15) is 0 Å². The third kappa shape index (κ3) is 7.70. The maximum absolute atomic E-state index is 12.1. The van der Waals surface area contributed by atoms with Crippen LogP contribution in [0.4, 0.5) is 0 Å². The number of halogens is 1. The number of nitrogens with zero attached hydrogens (tertiary/aromatic N) is 3. The van der Waals surface area contributed by atoms with Gasteiger partial charge < -0.3 is 15.5 Å². The van der Waals surface area contributed by atoms with Gasteiger partial charge in [-0.3, -0.25) is 9.69 Å². The fourth-order valence-corrected chi connectivity index (χ4v) is 4.60. The molecular formula is C27H38IN5O. The number of aliphatic imine (C=N–C) groups is 1. The van der Waals surface area contributed by atoms with Crippen molar-refractivity contribution >= 4 is 35.8 Å². The van der Waals surface area contributed by atoms with Gasteiger partial charge in [-0.1, -0.05) is 48.5 Å². The minimum Gasteiger partial charge on any atom is -0.353 e. The van der Waals surface area contributed by atoms with Gasteiger partial charge in [-0.15, -0.1) is 24.0 Å². The van der Waals surface area contributed by atoms with Crippen molar-refractivity contribution in [2.45, 2.75) is 51.2 Å². The van der Waals surface area contributed by atoms with Crippen molar-refractivity contribution in [3.63, 3.8) is 0 Å². The first-order chi connectivity index (χ1) is 16.1. The fourth-order valence-electron chi connectivity index (χ4n) is 4.60. The molecule has 1 unspecified atom stereocenters. The molecule has 0 bridgehead atoms. The monoisotopic (exact) mass is 575 g/mol. The normalized spacial score (nSPS) is 18.1. The van der Waals surface area contributed by atoms with E-state index < -0.39 is 0 Å². The van der Waals surface area contributed by atoms with Crippen LogP contribution in [0.15, 0.2) is 53.5 Å². The number of likely N-dealkylation sites (tertiary alicyclic amines) is 1. The maximum atomic E-state index is 12.1. The van der Waals surface area contributed by atoms with Gasteiger partial charge >= 0.3 is 0 Å². The molecule has 2 N–H and O–H groups in total. The minimum absolute atomic E-state index is 0. The molecule has 0 spiro atoms. The second-order valence-electron chi connectivity index (χ2n) is 9.46. The van der Waals surface area contributed by atoms with Gasteiger partial charge in [0.15, 0.2) is 5.96 Å². The van der Waals surface area contributed by atoms with Gasteiger partial charge in [0.05, 0.1) is 13.1 Å². The molecule has 1 fully saturated rings. The van der Waals surface area contributed by atoms with E-state index >= 15 is 0 Å². The standard InChI is InChI=1S/C27H37N5O.HI/c1-31(2)26(33)19-29-27(30-25-14-13-23-7-3-4-8-24(23)17-25)28-18-21-9-11-22(12-10-21)20-32-15-5-6-16-32;/h3-4,7-12,25H,5-6,13-20H2,1-2H3,(H2,28,29,30);1H. The van der Waals surface area contributed by atoms with Crippen LogP contribution < -0.4 is 10.6 Å². The molecule has 1 aliphatic carbocycles. The number of likely N-dealkylation sites (N-methyl/N-ethyl adjacent to an activating group) is 1. The molecule has 1 atom stereocenters. The van der Waals surface area contributed by atoms with Gasteiger partial charge in [0.2, 0.25) is 5.91 Å². The Morgan fingerprint density at radius 1 is 1.03 bits per heavy atom. The molecule has 1 saturated heterocycles. The highest BCUT2D eigenvalue weighted by molar-refractivity contribution is 14.0. The number of guanidine groups is 1. The predicted molar refractivity (Wildman–Crippen MR) is 150 cm³/mol. The summed E-state index contributed by atoms with van der Waals surface area (Å²) in [6, 6.07) is 17.8. The van der Waals surface area contributed by atoms with Crippen LogP contribution in [0.3, 0.4) is 0 Å². The third-order valence-corrected chi connectivity index (χ3v) is 6.64. The topological polar surface area (TPSA) is 60.0 Å². The number of hydrogen-bond donors (Lipinski definition) is 2. The largest absolute Gasteiger partial charge is 0.353 e. The highest BCUT2D eigenvalue weighted by Crippen LogP contribution is 2.21. The van der Waals surface area contributed by atoms with Crippen LogP contribution in [0, 0.1) is 0 Å². The van der Waals surface area contributed by atoms with Crippen molar-refractivity contribution in [1.82, 2.24) is 20.4 Å². The van der Waals surface area contributed by atoms with Crippen molar-refractivity contribution in [2.24, 2.45) is 4.99 Å². The van der Waals surface area contributed by atoms with E-state index in [-0.39, 0.29) is 36.4 Å². The first-order valence-corrected chi connectivity index (χ1v) is 12.2. The zero-order valence-corrected chi connectivity index (χ0v) is 22.8. The van der Waals surface area contributed by atoms with Crippen molar-refractivity contribution in [3.05, 3.63) is 70.8 Å². The molecule has 4 rings (SSSR count). The number of carbonyl (C=O) groups is 1. The van der Waals surface area contributed by atoms with Crippen LogP contribution in [0.25, 0.3) is 0 Å². The van der Waals surface area contributed by atoms with Crippen molar-refractivity contribution in [3.8, 4) is 0 Å². The Labute approximate surface area is 221 Å². The number of amides is 1. The van der Waals surface area contributed by atoms with Gasteiger partial charge in [-0.05, 0) is 67.4 Å². The maximum Gasteiger partial charge on any atom is 0.241 e. The molecule has 184 valence electrons. The second kappa shape index (κ2) is 13.1. The van der Waals surface area contributed by atoms with Crippen LogP contribution >= 0.6 is 24.0 Å². The average molecular weight is 576 g/mol. The molecule has 7 heteroatoms. The Morgan fingerprint density at radius 3 is 2.41 bits per heavy atom. The molecular weight excluding hydrogens is 537 g/mol. The summed E-state index contributed by atoms with van der Waals surface area (Å²) in [5, 5.41) is 6.83. The zero-order chi connectivity index (χ0) is 23.0.